The number of rotatable bonds is 7. The van der Waals surface area contributed by atoms with Gasteiger partial charge in [0.15, 0.2) is 5.82 Å². The molecule has 0 aliphatic rings. The molecule has 7 nitrogen and oxygen atoms in total. The molecule has 11 heteroatoms. The van der Waals surface area contributed by atoms with Gasteiger partial charge in [0.1, 0.15) is 5.75 Å². The Morgan fingerprint density at radius 1 is 1.17 bits per heavy atom. The Balaban J connectivity index is 1.61. The van der Waals surface area contributed by atoms with Crippen LogP contribution in [0.3, 0.4) is 0 Å². The first-order valence-electron chi connectivity index (χ1n) is 8.69. The summed E-state index contributed by atoms with van der Waals surface area (Å²) in [6, 6.07) is 12.1. The van der Waals surface area contributed by atoms with Crippen LogP contribution < -0.4 is 15.9 Å². The van der Waals surface area contributed by atoms with Gasteiger partial charge in [0, 0.05) is 6.42 Å². The number of hydrogen-bond donors (Lipinski definition) is 2. The summed E-state index contributed by atoms with van der Waals surface area (Å²) in [6.45, 7) is 0. The minimum absolute atomic E-state index is 0.177. The molecule has 0 saturated carbocycles. The molecule has 0 unspecified atom stereocenters. The van der Waals surface area contributed by atoms with E-state index in [1.807, 2.05) is 24.3 Å². The van der Waals surface area contributed by atoms with Crippen molar-refractivity contribution in [2.45, 2.75) is 17.8 Å². The maximum atomic E-state index is 13.0. The van der Waals surface area contributed by atoms with Gasteiger partial charge in [0.2, 0.25) is 11.1 Å². The van der Waals surface area contributed by atoms with Crippen LogP contribution in [0.15, 0.2) is 53.7 Å². The number of thioether (sulfide) groups is 1. The number of nitrogens with zero attached hydrogens (tertiary/aromatic N) is 3. The highest BCUT2D eigenvalue weighted by atomic mass is 32.2. The van der Waals surface area contributed by atoms with E-state index < -0.39 is 17.6 Å². The molecule has 0 spiro atoms. The number of halogens is 3. The van der Waals surface area contributed by atoms with Gasteiger partial charge in [-0.3, -0.25) is 4.79 Å². The highest BCUT2D eigenvalue weighted by Gasteiger charge is 2.33. The minimum Gasteiger partial charge on any atom is -0.497 e. The summed E-state index contributed by atoms with van der Waals surface area (Å²) in [4.78, 5) is 12.1. The summed E-state index contributed by atoms with van der Waals surface area (Å²) in [6.07, 6.45) is -4.15. The molecule has 0 saturated heterocycles. The molecule has 1 amide bonds. The number of benzene rings is 2. The number of carbonyl (C=O) groups excluding carboxylic acids is 1. The first-order chi connectivity index (χ1) is 14.3. The molecule has 0 atom stereocenters. The molecule has 3 aromatic rings. The summed E-state index contributed by atoms with van der Waals surface area (Å²) in [7, 11) is 1.58. The zero-order chi connectivity index (χ0) is 21.7. The average molecular weight is 437 g/mol. The molecule has 2 aromatic carbocycles. The number of nitrogens with two attached hydrogens (primary N) is 1. The molecule has 3 N–H and O–H groups in total. The lowest BCUT2D eigenvalue weighted by molar-refractivity contribution is -0.137. The third-order valence-corrected chi connectivity index (χ3v) is 5.04. The van der Waals surface area contributed by atoms with E-state index in [1.54, 1.807) is 7.11 Å². The van der Waals surface area contributed by atoms with Crippen molar-refractivity contribution < 1.29 is 22.7 Å². The van der Waals surface area contributed by atoms with Gasteiger partial charge in [0.25, 0.3) is 0 Å². The Hall–Kier alpha value is -3.21. The Morgan fingerprint density at radius 2 is 1.87 bits per heavy atom. The van der Waals surface area contributed by atoms with Crippen molar-refractivity contribution in [3.8, 4) is 5.75 Å². The number of methoxy groups -OCH3 is 1. The van der Waals surface area contributed by atoms with E-state index in [0.717, 1.165) is 29.1 Å². The monoisotopic (exact) mass is 437 g/mol. The molecule has 0 aliphatic heterocycles. The van der Waals surface area contributed by atoms with Crippen LogP contribution in [-0.2, 0) is 17.4 Å². The Labute approximate surface area is 174 Å². The van der Waals surface area contributed by atoms with E-state index in [-0.39, 0.29) is 16.6 Å². The Kier molecular flexibility index (Phi) is 6.50. The van der Waals surface area contributed by atoms with E-state index in [2.05, 4.69) is 15.5 Å². The highest BCUT2D eigenvalue weighted by Crippen LogP contribution is 2.34. The van der Waals surface area contributed by atoms with Crippen LogP contribution >= 0.6 is 11.8 Å². The van der Waals surface area contributed by atoms with Crippen LogP contribution in [0.4, 0.5) is 18.9 Å². The molecular formula is C19H18F3N5O2S. The second-order valence-electron chi connectivity index (χ2n) is 6.17. The maximum Gasteiger partial charge on any atom is 0.418 e. The van der Waals surface area contributed by atoms with Crippen molar-refractivity contribution in [3.63, 3.8) is 0 Å². The molecule has 158 valence electrons. The summed E-state index contributed by atoms with van der Waals surface area (Å²) in [5, 5.41) is 10.5. The van der Waals surface area contributed by atoms with Gasteiger partial charge in [-0.25, -0.2) is 4.68 Å². The smallest absolute Gasteiger partial charge is 0.418 e. The van der Waals surface area contributed by atoms with Gasteiger partial charge in [-0.15, -0.1) is 10.2 Å². The van der Waals surface area contributed by atoms with Gasteiger partial charge in [-0.05, 0) is 29.8 Å². The SMILES string of the molecule is COc1ccc(Cc2nnc(SCC(=O)Nc3ccccc3C(F)(F)F)n2N)cc1. The van der Waals surface area contributed by atoms with Crippen LogP contribution in [-0.4, -0.2) is 33.6 Å². The number of nitrogens with one attached hydrogen (secondary N) is 1. The topological polar surface area (TPSA) is 95.1 Å². The summed E-state index contributed by atoms with van der Waals surface area (Å²) in [5.41, 5.74) is -0.273. The molecule has 0 aliphatic carbocycles. The number of aromatic nitrogens is 3. The third kappa shape index (κ3) is 5.23. The summed E-state index contributed by atoms with van der Waals surface area (Å²) >= 11 is 0.976. The number of anilines is 1. The predicted molar refractivity (Wildman–Crippen MR) is 107 cm³/mol. The molecular weight excluding hydrogens is 419 g/mol. The predicted octanol–water partition coefficient (Wildman–Crippen LogP) is 3.34. The number of ether oxygens (including phenoxy) is 1. The van der Waals surface area contributed by atoms with Crippen molar-refractivity contribution in [1.82, 2.24) is 14.9 Å². The summed E-state index contributed by atoms with van der Waals surface area (Å²) in [5.74, 6) is 6.40. The second kappa shape index (κ2) is 9.08. The molecule has 0 bridgehead atoms. The maximum absolute atomic E-state index is 13.0. The fraction of sp³-hybridized carbons (Fsp3) is 0.211. The largest absolute Gasteiger partial charge is 0.497 e. The number of para-hydroxylation sites is 1. The normalized spacial score (nSPS) is 11.3. The van der Waals surface area contributed by atoms with Crippen LogP contribution in [0.5, 0.6) is 5.75 Å². The first kappa shape index (κ1) is 21.5. The molecule has 3 rings (SSSR count). The lowest BCUT2D eigenvalue weighted by Crippen LogP contribution is -2.19. The highest BCUT2D eigenvalue weighted by molar-refractivity contribution is 7.99. The van der Waals surface area contributed by atoms with E-state index in [0.29, 0.717) is 12.2 Å². The lowest BCUT2D eigenvalue weighted by atomic mass is 10.1. The Morgan fingerprint density at radius 3 is 2.53 bits per heavy atom. The van der Waals surface area contributed by atoms with Crippen LogP contribution in [0.2, 0.25) is 0 Å². The fourth-order valence-corrected chi connectivity index (χ4v) is 3.28. The van der Waals surface area contributed by atoms with Gasteiger partial charge in [-0.2, -0.15) is 13.2 Å². The summed E-state index contributed by atoms with van der Waals surface area (Å²) < 4.78 is 45.4. The number of nitrogen functional groups attached to an aromatic ring is 1. The number of amides is 1. The van der Waals surface area contributed by atoms with E-state index in [9.17, 15) is 18.0 Å². The molecule has 1 aromatic heterocycles. The molecule has 1 heterocycles. The van der Waals surface area contributed by atoms with Crippen LogP contribution in [0.25, 0.3) is 0 Å². The standard InChI is InChI=1S/C19H18F3N5O2S/c1-29-13-8-6-12(7-9-13)10-16-25-26-18(27(16)23)30-11-17(28)24-15-5-3-2-4-14(15)19(20,21)22/h2-9H,10-11,23H2,1H3,(H,24,28). The Bertz CT molecular complexity index is 1020. The first-order valence-corrected chi connectivity index (χ1v) is 9.67. The van der Waals surface area contributed by atoms with Crippen molar-refractivity contribution in [2.75, 3.05) is 24.0 Å². The molecule has 0 fully saturated rings. The number of hydrogen-bond acceptors (Lipinski definition) is 6. The van der Waals surface area contributed by atoms with E-state index in [1.165, 1.54) is 22.9 Å². The van der Waals surface area contributed by atoms with Crippen molar-refractivity contribution in [2.24, 2.45) is 0 Å². The van der Waals surface area contributed by atoms with Gasteiger partial charge >= 0.3 is 6.18 Å². The fourth-order valence-electron chi connectivity index (χ4n) is 2.61. The van der Waals surface area contributed by atoms with Crippen molar-refractivity contribution >= 4 is 23.4 Å². The van der Waals surface area contributed by atoms with Crippen LogP contribution in [0.1, 0.15) is 17.0 Å². The quantitative estimate of drug-likeness (QED) is 0.435. The van der Waals surface area contributed by atoms with Crippen molar-refractivity contribution in [3.05, 3.63) is 65.5 Å². The van der Waals surface area contributed by atoms with Gasteiger partial charge in [-0.1, -0.05) is 36.0 Å². The van der Waals surface area contributed by atoms with E-state index in [4.69, 9.17) is 10.6 Å². The van der Waals surface area contributed by atoms with Gasteiger partial charge < -0.3 is 15.9 Å². The number of alkyl halides is 3. The van der Waals surface area contributed by atoms with E-state index >= 15 is 0 Å². The lowest BCUT2D eigenvalue weighted by Gasteiger charge is -2.13. The average Bonchev–Trinajstić information content (AvgIpc) is 3.06. The zero-order valence-electron chi connectivity index (χ0n) is 15.8. The van der Waals surface area contributed by atoms with Crippen LogP contribution in [0, 0.1) is 0 Å². The second-order valence-corrected chi connectivity index (χ2v) is 7.12. The number of carbonyl (C=O) groups is 1. The zero-order valence-corrected chi connectivity index (χ0v) is 16.6. The third-order valence-electron chi connectivity index (χ3n) is 4.10. The molecule has 30 heavy (non-hydrogen) atoms. The van der Waals surface area contributed by atoms with Crippen molar-refractivity contribution in [1.29, 1.82) is 0 Å². The molecule has 0 radical (unpaired) electrons. The minimum atomic E-state index is -4.56. The van der Waals surface area contributed by atoms with Gasteiger partial charge in [0.05, 0.1) is 24.1 Å².